The highest BCUT2D eigenvalue weighted by atomic mass is 16.6. The van der Waals surface area contributed by atoms with E-state index in [2.05, 4.69) is 15.3 Å². The summed E-state index contributed by atoms with van der Waals surface area (Å²) in [5.74, 6) is 0.180. The highest BCUT2D eigenvalue weighted by molar-refractivity contribution is 5.94. The quantitative estimate of drug-likeness (QED) is 0.421. The van der Waals surface area contributed by atoms with Crippen LogP contribution in [0.5, 0.6) is 0 Å². The Bertz CT molecular complexity index is 1120. The summed E-state index contributed by atoms with van der Waals surface area (Å²) in [6.45, 7) is 0.325. The molecule has 2 aromatic carbocycles. The van der Waals surface area contributed by atoms with Crippen LogP contribution in [0.2, 0.25) is 0 Å². The number of amides is 1. The van der Waals surface area contributed by atoms with E-state index in [0.717, 1.165) is 11.1 Å². The maximum absolute atomic E-state index is 12.2. The first-order chi connectivity index (χ1) is 13.6. The molecule has 0 aliphatic rings. The number of oxazole rings is 1. The van der Waals surface area contributed by atoms with Gasteiger partial charge in [0, 0.05) is 36.0 Å². The van der Waals surface area contributed by atoms with Crippen molar-refractivity contribution < 1.29 is 14.1 Å². The molecule has 0 spiro atoms. The van der Waals surface area contributed by atoms with E-state index in [1.807, 2.05) is 24.3 Å². The Morgan fingerprint density at radius 1 is 1.07 bits per heavy atom. The van der Waals surface area contributed by atoms with Gasteiger partial charge in [0.25, 0.3) is 11.6 Å². The lowest BCUT2D eigenvalue weighted by Gasteiger charge is -2.06. The lowest BCUT2D eigenvalue weighted by atomic mass is 10.1. The molecule has 8 heteroatoms. The van der Waals surface area contributed by atoms with Crippen LogP contribution in [0.1, 0.15) is 15.9 Å². The Morgan fingerprint density at radius 2 is 1.82 bits per heavy atom. The molecule has 8 nitrogen and oxygen atoms in total. The fourth-order valence-corrected chi connectivity index (χ4v) is 2.68. The summed E-state index contributed by atoms with van der Waals surface area (Å²) < 4.78 is 5.69. The normalized spacial score (nSPS) is 10.7. The molecule has 0 aliphatic carbocycles. The van der Waals surface area contributed by atoms with Gasteiger partial charge in [0.05, 0.1) is 4.92 Å². The zero-order valence-corrected chi connectivity index (χ0v) is 14.5. The number of non-ortho nitro benzene ring substituents is 1. The van der Waals surface area contributed by atoms with Gasteiger partial charge in [-0.05, 0) is 42.0 Å². The summed E-state index contributed by atoms with van der Waals surface area (Å²) >= 11 is 0. The van der Waals surface area contributed by atoms with Crippen molar-refractivity contribution in [2.24, 2.45) is 0 Å². The second-order valence-corrected chi connectivity index (χ2v) is 6.03. The molecule has 1 N–H and O–H groups in total. The topological polar surface area (TPSA) is 111 Å². The van der Waals surface area contributed by atoms with Crippen LogP contribution in [0, 0.1) is 10.1 Å². The second kappa shape index (κ2) is 7.28. The number of hydrogen-bond donors (Lipinski definition) is 1. The van der Waals surface area contributed by atoms with Gasteiger partial charge in [0.2, 0.25) is 5.89 Å². The van der Waals surface area contributed by atoms with Crippen LogP contribution in [0.25, 0.3) is 22.7 Å². The maximum Gasteiger partial charge on any atom is 0.269 e. The molecule has 0 fully saturated rings. The van der Waals surface area contributed by atoms with E-state index in [9.17, 15) is 14.9 Å². The highest BCUT2D eigenvalue weighted by Crippen LogP contribution is 2.23. The monoisotopic (exact) mass is 374 g/mol. The third kappa shape index (κ3) is 3.56. The first-order valence-corrected chi connectivity index (χ1v) is 8.44. The van der Waals surface area contributed by atoms with Crippen LogP contribution in [-0.4, -0.2) is 20.8 Å². The van der Waals surface area contributed by atoms with E-state index >= 15 is 0 Å². The van der Waals surface area contributed by atoms with E-state index < -0.39 is 4.92 Å². The Kier molecular flexibility index (Phi) is 4.51. The van der Waals surface area contributed by atoms with E-state index in [1.165, 1.54) is 24.3 Å². The molecule has 0 aliphatic heterocycles. The third-order valence-corrected chi connectivity index (χ3v) is 4.16. The number of nitrogens with one attached hydrogen (secondary N) is 1. The first kappa shape index (κ1) is 17.3. The molecular weight excluding hydrogens is 360 g/mol. The minimum atomic E-state index is -0.504. The Labute approximate surface area is 159 Å². The number of fused-ring (bicyclic) bond motifs is 1. The molecule has 1 amide bonds. The van der Waals surface area contributed by atoms with Crippen molar-refractivity contribution in [3.05, 3.63) is 88.1 Å². The van der Waals surface area contributed by atoms with Crippen LogP contribution >= 0.6 is 0 Å². The van der Waals surface area contributed by atoms with Gasteiger partial charge in [-0.3, -0.25) is 14.9 Å². The summed E-state index contributed by atoms with van der Waals surface area (Å²) in [6.07, 6.45) is 1.66. The zero-order chi connectivity index (χ0) is 19.5. The van der Waals surface area contributed by atoms with Crippen LogP contribution in [-0.2, 0) is 6.54 Å². The Morgan fingerprint density at radius 3 is 2.50 bits per heavy atom. The number of benzene rings is 2. The highest BCUT2D eigenvalue weighted by Gasteiger charge is 2.10. The minimum absolute atomic E-state index is 0.0541. The minimum Gasteiger partial charge on any atom is -0.434 e. The van der Waals surface area contributed by atoms with Crippen molar-refractivity contribution >= 4 is 22.8 Å². The van der Waals surface area contributed by atoms with E-state index in [0.29, 0.717) is 29.2 Å². The lowest BCUT2D eigenvalue weighted by Crippen LogP contribution is -2.22. The number of carbonyl (C=O) groups excluding carboxylic acids is 1. The van der Waals surface area contributed by atoms with Gasteiger partial charge in [0.1, 0.15) is 0 Å². The molecule has 0 unspecified atom stereocenters. The standard InChI is InChI=1S/C20H14N4O4/c25-19(14-7-9-16(10-8-14)24(26)27)22-12-13-3-5-15(6-4-13)20-23-18-17(28-20)2-1-11-21-18/h1-11H,12H2,(H,22,25). The fraction of sp³-hybridized carbons (Fsp3) is 0.0500. The van der Waals surface area contributed by atoms with Gasteiger partial charge < -0.3 is 9.73 Å². The van der Waals surface area contributed by atoms with Gasteiger partial charge in [-0.25, -0.2) is 4.98 Å². The van der Waals surface area contributed by atoms with Crippen molar-refractivity contribution in [1.29, 1.82) is 0 Å². The number of pyridine rings is 1. The summed E-state index contributed by atoms with van der Waals surface area (Å²) in [5.41, 5.74) is 3.19. The van der Waals surface area contributed by atoms with E-state index in [4.69, 9.17) is 4.42 Å². The van der Waals surface area contributed by atoms with Crippen LogP contribution in [0.3, 0.4) is 0 Å². The number of nitro benzene ring substituents is 1. The number of carbonyl (C=O) groups is 1. The SMILES string of the molecule is O=C(NCc1ccc(-c2nc3ncccc3o2)cc1)c1ccc([N+](=O)[O-])cc1. The average molecular weight is 374 g/mol. The van der Waals surface area contributed by atoms with Gasteiger partial charge in [0.15, 0.2) is 11.2 Å². The van der Waals surface area contributed by atoms with Gasteiger partial charge in [-0.1, -0.05) is 12.1 Å². The molecule has 4 rings (SSSR count). The van der Waals surface area contributed by atoms with Crippen LogP contribution < -0.4 is 5.32 Å². The summed E-state index contributed by atoms with van der Waals surface area (Å²) in [5, 5.41) is 13.5. The molecule has 4 aromatic rings. The number of nitrogens with zero attached hydrogens (tertiary/aromatic N) is 3. The van der Waals surface area contributed by atoms with E-state index in [1.54, 1.807) is 18.3 Å². The first-order valence-electron chi connectivity index (χ1n) is 8.44. The fourth-order valence-electron chi connectivity index (χ4n) is 2.68. The van der Waals surface area contributed by atoms with Crippen molar-refractivity contribution in [1.82, 2.24) is 15.3 Å². The molecule has 0 radical (unpaired) electrons. The van der Waals surface area contributed by atoms with E-state index in [-0.39, 0.29) is 11.6 Å². The predicted octanol–water partition coefficient (Wildman–Crippen LogP) is 3.73. The number of rotatable bonds is 5. The third-order valence-electron chi connectivity index (χ3n) is 4.16. The van der Waals surface area contributed by atoms with Crippen LogP contribution in [0.15, 0.2) is 71.3 Å². The average Bonchev–Trinajstić information content (AvgIpc) is 3.16. The molecular formula is C20H14N4O4. The molecule has 2 heterocycles. The smallest absolute Gasteiger partial charge is 0.269 e. The van der Waals surface area contributed by atoms with Gasteiger partial charge >= 0.3 is 0 Å². The largest absolute Gasteiger partial charge is 0.434 e. The van der Waals surface area contributed by atoms with Gasteiger partial charge in [-0.2, -0.15) is 4.98 Å². The number of hydrogen-bond acceptors (Lipinski definition) is 6. The summed E-state index contributed by atoms with van der Waals surface area (Å²) in [4.78, 5) is 30.8. The van der Waals surface area contributed by atoms with Crippen molar-refractivity contribution in [3.8, 4) is 11.5 Å². The molecule has 0 saturated carbocycles. The van der Waals surface area contributed by atoms with Crippen molar-refractivity contribution in [2.75, 3.05) is 0 Å². The van der Waals surface area contributed by atoms with Gasteiger partial charge in [-0.15, -0.1) is 0 Å². The molecule has 138 valence electrons. The summed E-state index contributed by atoms with van der Waals surface area (Å²) in [6, 6.07) is 16.5. The van der Waals surface area contributed by atoms with Crippen LogP contribution in [0.4, 0.5) is 5.69 Å². The second-order valence-electron chi connectivity index (χ2n) is 6.03. The van der Waals surface area contributed by atoms with Crippen molar-refractivity contribution in [2.45, 2.75) is 6.54 Å². The molecule has 28 heavy (non-hydrogen) atoms. The maximum atomic E-state index is 12.2. The Balaban J connectivity index is 1.41. The molecule has 0 bridgehead atoms. The van der Waals surface area contributed by atoms with Crippen molar-refractivity contribution in [3.63, 3.8) is 0 Å². The zero-order valence-electron chi connectivity index (χ0n) is 14.5. The molecule has 0 saturated heterocycles. The predicted molar refractivity (Wildman–Crippen MR) is 102 cm³/mol. The molecule has 2 aromatic heterocycles. The Hall–Kier alpha value is -4.07. The lowest BCUT2D eigenvalue weighted by molar-refractivity contribution is -0.384. The number of nitro groups is 1. The summed E-state index contributed by atoms with van der Waals surface area (Å²) in [7, 11) is 0. The molecule has 0 atom stereocenters. The number of aromatic nitrogens is 2.